The van der Waals surface area contributed by atoms with Gasteiger partial charge in [0.2, 0.25) is 0 Å². The maximum absolute atomic E-state index is 5.34. The van der Waals surface area contributed by atoms with Gasteiger partial charge in [0, 0.05) is 12.6 Å². The van der Waals surface area contributed by atoms with E-state index in [1.54, 1.807) is 7.05 Å². The summed E-state index contributed by atoms with van der Waals surface area (Å²) in [6, 6.07) is 0.494. The summed E-state index contributed by atoms with van der Waals surface area (Å²) in [6.45, 7) is 6.14. The van der Waals surface area contributed by atoms with Crippen molar-refractivity contribution in [1.82, 2.24) is 25.5 Å². The average molecular weight is 199 g/mol. The molecule has 14 heavy (non-hydrogen) atoms. The number of nitrogens with one attached hydrogen (secondary N) is 1. The minimum Gasteiger partial charge on any atom is -0.372 e. The zero-order valence-corrected chi connectivity index (χ0v) is 8.90. The zero-order valence-electron chi connectivity index (χ0n) is 8.90. The molecule has 0 amide bonds. The first-order valence-electron chi connectivity index (χ1n) is 4.72. The highest BCUT2D eigenvalue weighted by Crippen LogP contribution is 1.88. The van der Waals surface area contributed by atoms with Gasteiger partial charge in [-0.25, -0.2) is 0 Å². The van der Waals surface area contributed by atoms with Crippen LogP contribution in [0.15, 0.2) is 0 Å². The molecule has 1 aromatic rings. The Kier molecular flexibility index (Phi) is 4.48. The Morgan fingerprint density at radius 1 is 1.50 bits per heavy atom. The Hall–Kier alpha value is -1.01. The van der Waals surface area contributed by atoms with E-state index in [0.717, 1.165) is 6.54 Å². The van der Waals surface area contributed by atoms with E-state index >= 15 is 0 Å². The van der Waals surface area contributed by atoms with Crippen LogP contribution < -0.4 is 5.32 Å². The molecule has 0 unspecified atom stereocenters. The molecule has 0 aliphatic carbocycles. The molecule has 0 fully saturated rings. The summed E-state index contributed by atoms with van der Waals surface area (Å²) in [5.41, 5.74) is 0. The highest BCUT2D eigenvalue weighted by atomic mass is 16.5. The first-order valence-corrected chi connectivity index (χ1v) is 4.72. The molecule has 1 N–H and O–H groups in total. The molecular weight excluding hydrogens is 182 g/mol. The number of hydrogen-bond donors (Lipinski definition) is 1. The number of rotatable bonds is 6. The maximum Gasteiger partial charge on any atom is 0.200 e. The van der Waals surface area contributed by atoms with Crippen molar-refractivity contribution in [2.75, 3.05) is 13.2 Å². The summed E-state index contributed by atoms with van der Waals surface area (Å²) >= 11 is 0. The van der Waals surface area contributed by atoms with Crippen LogP contribution in [0.1, 0.15) is 19.7 Å². The molecular formula is C8H17N5O. The summed E-state index contributed by atoms with van der Waals surface area (Å²) in [7, 11) is 1.73. The Labute approximate surface area is 83.6 Å². The Morgan fingerprint density at radius 2 is 2.29 bits per heavy atom. The molecule has 6 nitrogen and oxygen atoms in total. The number of aromatic nitrogens is 4. The van der Waals surface area contributed by atoms with Crippen LogP contribution in [0.25, 0.3) is 0 Å². The van der Waals surface area contributed by atoms with E-state index in [-0.39, 0.29) is 0 Å². The van der Waals surface area contributed by atoms with Gasteiger partial charge in [-0.05, 0) is 5.21 Å². The van der Waals surface area contributed by atoms with E-state index in [1.807, 2.05) is 0 Å². The first kappa shape index (κ1) is 11.1. The van der Waals surface area contributed by atoms with Crippen molar-refractivity contribution in [2.24, 2.45) is 7.05 Å². The van der Waals surface area contributed by atoms with Crippen molar-refractivity contribution >= 4 is 0 Å². The van der Waals surface area contributed by atoms with Crippen LogP contribution in [0.5, 0.6) is 0 Å². The molecule has 1 rings (SSSR count). The molecule has 0 aliphatic rings. The lowest BCUT2D eigenvalue weighted by Gasteiger charge is -2.06. The van der Waals surface area contributed by atoms with Gasteiger partial charge < -0.3 is 10.1 Å². The smallest absolute Gasteiger partial charge is 0.200 e. The molecule has 0 aromatic carbocycles. The quantitative estimate of drug-likeness (QED) is 0.639. The van der Waals surface area contributed by atoms with Crippen molar-refractivity contribution in [2.45, 2.75) is 26.5 Å². The normalized spacial score (nSPS) is 11.1. The third kappa shape index (κ3) is 4.29. The van der Waals surface area contributed by atoms with E-state index in [2.05, 4.69) is 34.6 Å². The van der Waals surface area contributed by atoms with Gasteiger partial charge in [0.25, 0.3) is 0 Å². The number of ether oxygens (including phenoxy) is 1. The third-order valence-electron chi connectivity index (χ3n) is 1.58. The lowest BCUT2D eigenvalue weighted by molar-refractivity contribution is 0.116. The van der Waals surface area contributed by atoms with Crippen LogP contribution in [0, 0.1) is 0 Å². The topological polar surface area (TPSA) is 64.9 Å². The van der Waals surface area contributed by atoms with E-state index in [0.29, 0.717) is 25.1 Å². The van der Waals surface area contributed by atoms with Gasteiger partial charge in [-0.3, -0.25) is 0 Å². The lowest BCUT2D eigenvalue weighted by Crippen LogP contribution is -2.26. The SMILES string of the molecule is CC(C)NCCOCc1nnn(C)n1. The number of aryl methyl sites for hydroxylation is 1. The fraction of sp³-hybridized carbons (Fsp3) is 0.875. The van der Waals surface area contributed by atoms with Gasteiger partial charge >= 0.3 is 0 Å². The summed E-state index contributed by atoms with van der Waals surface area (Å²) in [5, 5.41) is 14.8. The second-order valence-electron chi connectivity index (χ2n) is 3.36. The Balaban J connectivity index is 2.04. The van der Waals surface area contributed by atoms with Gasteiger partial charge in [0.15, 0.2) is 5.82 Å². The highest BCUT2D eigenvalue weighted by Gasteiger charge is 1.99. The van der Waals surface area contributed by atoms with Crippen LogP contribution in [-0.4, -0.2) is 39.4 Å². The molecule has 0 aliphatic heterocycles. The van der Waals surface area contributed by atoms with Gasteiger partial charge in [-0.1, -0.05) is 13.8 Å². The number of hydrogen-bond acceptors (Lipinski definition) is 5. The monoisotopic (exact) mass is 199 g/mol. The fourth-order valence-electron chi connectivity index (χ4n) is 0.964. The standard InChI is InChI=1S/C8H17N5O/c1-7(2)9-4-5-14-6-8-10-12-13(3)11-8/h7,9H,4-6H2,1-3H3. The summed E-state index contributed by atoms with van der Waals surface area (Å²) in [4.78, 5) is 1.42. The summed E-state index contributed by atoms with van der Waals surface area (Å²) in [6.07, 6.45) is 0. The molecule has 0 saturated heterocycles. The summed E-state index contributed by atoms with van der Waals surface area (Å²) < 4.78 is 5.34. The fourth-order valence-corrected chi connectivity index (χ4v) is 0.964. The molecule has 0 bridgehead atoms. The van der Waals surface area contributed by atoms with E-state index in [1.165, 1.54) is 4.80 Å². The van der Waals surface area contributed by atoms with E-state index < -0.39 is 0 Å². The van der Waals surface area contributed by atoms with Crippen LogP contribution in [-0.2, 0) is 18.4 Å². The molecule has 0 atom stereocenters. The largest absolute Gasteiger partial charge is 0.372 e. The van der Waals surface area contributed by atoms with Crippen molar-refractivity contribution in [3.05, 3.63) is 5.82 Å². The molecule has 1 aromatic heterocycles. The third-order valence-corrected chi connectivity index (χ3v) is 1.58. The molecule has 80 valence electrons. The number of nitrogens with zero attached hydrogens (tertiary/aromatic N) is 4. The van der Waals surface area contributed by atoms with Crippen LogP contribution in [0.3, 0.4) is 0 Å². The van der Waals surface area contributed by atoms with Crippen molar-refractivity contribution in [3.63, 3.8) is 0 Å². The second-order valence-corrected chi connectivity index (χ2v) is 3.36. The lowest BCUT2D eigenvalue weighted by atomic mass is 10.4. The maximum atomic E-state index is 5.34. The zero-order chi connectivity index (χ0) is 10.4. The van der Waals surface area contributed by atoms with E-state index in [4.69, 9.17) is 4.74 Å². The van der Waals surface area contributed by atoms with Crippen LogP contribution in [0.4, 0.5) is 0 Å². The van der Waals surface area contributed by atoms with Gasteiger partial charge in [-0.2, -0.15) is 4.80 Å². The van der Waals surface area contributed by atoms with Crippen molar-refractivity contribution < 1.29 is 4.74 Å². The van der Waals surface area contributed by atoms with Gasteiger partial charge in [0.1, 0.15) is 6.61 Å². The Morgan fingerprint density at radius 3 is 2.86 bits per heavy atom. The predicted molar refractivity (Wildman–Crippen MR) is 51.6 cm³/mol. The van der Waals surface area contributed by atoms with Crippen molar-refractivity contribution in [3.8, 4) is 0 Å². The predicted octanol–water partition coefficient (Wildman–Crippen LogP) is -0.275. The summed E-state index contributed by atoms with van der Waals surface area (Å²) in [5.74, 6) is 0.622. The second kappa shape index (κ2) is 5.66. The van der Waals surface area contributed by atoms with Gasteiger partial charge in [0.05, 0.1) is 13.7 Å². The Bertz CT molecular complexity index is 260. The molecule has 0 saturated carbocycles. The minimum absolute atomic E-state index is 0.424. The molecule has 0 radical (unpaired) electrons. The highest BCUT2D eigenvalue weighted by molar-refractivity contribution is 4.71. The molecule has 0 spiro atoms. The first-order chi connectivity index (χ1) is 6.68. The number of tetrazole rings is 1. The molecule has 6 heteroatoms. The van der Waals surface area contributed by atoms with E-state index in [9.17, 15) is 0 Å². The van der Waals surface area contributed by atoms with Crippen LogP contribution >= 0.6 is 0 Å². The van der Waals surface area contributed by atoms with Crippen molar-refractivity contribution in [1.29, 1.82) is 0 Å². The van der Waals surface area contributed by atoms with Gasteiger partial charge in [-0.15, -0.1) is 10.2 Å². The molecule has 1 heterocycles. The average Bonchev–Trinajstić information content (AvgIpc) is 2.50. The minimum atomic E-state index is 0.424. The van der Waals surface area contributed by atoms with Crippen LogP contribution in [0.2, 0.25) is 0 Å².